The first-order valence-electron chi connectivity index (χ1n) is 8.46. The Labute approximate surface area is 155 Å². The van der Waals surface area contributed by atoms with Gasteiger partial charge in [-0.3, -0.25) is 0 Å². The molecule has 7 nitrogen and oxygen atoms in total. The molecule has 142 valence electrons. The summed E-state index contributed by atoms with van der Waals surface area (Å²) in [6, 6.07) is 6.23. The summed E-state index contributed by atoms with van der Waals surface area (Å²) in [5.74, 6) is 0. The zero-order valence-corrected chi connectivity index (χ0v) is 16.6. The summed E-state index contributed by atoms with van der Waals surface area (Å²) >= 11 is 0. The number of aryl methyl sites for hydroxylation is 1. The molecule has 0 aromatic heterocycles. The van der Waals surface area contributed by atoms with Gasteiger partial charge in [-0.15, -0.1) is 0 Å². The van der Waals surface area contributed by atoms with Crippen molar-refractivity contribution in [1.82, 2.24) is 9.21 Å². The second kappa shape index (κ2) is 7.25. The lowest BCUT2D eigenvalue weighted by atomic mass is 10.2. The molecule has 1 aromatic rings. The van der Waals surface area contributed by atoms with E-state index in [9.17, 15) is 13.2 Å². The van der Waals surface area contributed by atoms with Crippen molar-refractivity contribution in [2.45, 2.75) is 51.2 Å². The van der Waals surface area contributed by atoms with Crippen molar-refractivity contribution in [1.29, 1.82) is 5.26 Å². The highest BCUT2D eigenvalue weighted by Gasteiger charge is 2.36. The minimum Gasteiger partial charge on any atom is -0.444 e. The van der Waals surface area contributed by atoms with Crippen LogP contribution in [0.5, 0.6) is 0 Å². The number of carbonyl (C=O) groups is 1. The van der Waals surface area contributed by atoms with Gasteiger partial charge in [0.05, 0.1) is 16.5 Å². The zero-order valence-electron chi connectivity index (χ0n) is 15.8. The van der Waals surface area contributed by atoms with E-state index in [0.717, 1.165) is 0 Å². The van der Waals surface area contributed by atoms with Gasteiger partial charge in [-0.2, -0.15) is 9.57 Å². The predicted molar refractivity (Wildman–Crippen MR) is 97.1 cm³/mol. The Kier molecular flexibility index (Phi) is 5.64. The number of carbonyl (C=O) groups excluding carboxylic acids is 1. The third-order valence-electron chi connectivity index (χ3n) is 4.14. The van der Waals surface area contributed by atoms with Crippen LogP contribution in [0.3, 0.4) is 0 Å². The van der Waals surface area contributed by atoms with Crippen LogP contribution in [0, 0.1) is 18.3 Å². The molecule has 0 aliphatic carbocycles. The first kappa shape index (κ1) is 20.2. The number of nitrogens with zero attached hydrogens (tertiary/aromatic N) is 3. The fraction of sp³-hybridized carbons (Fsp3) is 0.556. The lowest BCUT2D eigenvalue weighted by molar-refractivity contribution is 0.00858. The Hall–Kier alpha value is -2.11. The van der Waals surface area contributed by atoms with Gasteiger partial charge in [0.15, 0.2) is 0 Å². The largest absolute Gasteiger partial charge is 0.444 e. The van der Waals surface area contributed by atoms with E-state index in [1.54, 1.807) is 45.6 Å². The molecule has 0 bridgehead atoms. The van der Waals surface area contributed by atoms with Gasteiger partial charge in [0, 0.05) is 25.7 Å². The second-order valence-corrected chi connectivity index (χ2v) is 9.38. The Balaban J connectivity index is 2.17. The van der Waals surface area contributed by atoms with Crippen LogP contribution in [0.25, 0.3) is 0 Å². The average Bonchev–Trinajstić information content (AvgIpc) is 2.52. The van der Waals surface area contributed by atoms with E-state index >= 15 is 0 Å². The second-order valence-electron chi connectivity index (χ2n) is 7.48. The van der Waals surface area contributed by atoms with Crippen molar-refractivity contribution in [2.75, 3.05) is 19.6 Å². The van der Waals surface area contributed by atoms with Gasteiger partial charge in [-0.1, -0.05) is 0 Å². The third kappa shape index (κ3) is 4.34. The number of rotatable bonds is 2. The summed E-state index contributed by atoms with van der Waals surface area (Å²) in [6.45, 7) is 9.53. The van der Waals surface area contributed by atoms with Gasteiger partial charge in [0.2, 0.25) is 10.0 Å². The maximum Gasteiger partial charge on any atom is 0.410 e. The van der Waals surface area contributed by atoms with Crippen molar-refractivity contribution in [3.63, 3.8) is 0 Å². The van der Waals surface area contributed by atoms with E-state index < -0.39 is 21.7 Å². The molecular weight excluding hydrogens is 354 g/mol. The van der Waals surface area contributed by atoms with Crippen molar-refractivity contribution in [3.8, 4) is 6.07 Å². The highest BCUT2D eigenvalue weighted by atomic mass is 32.2. The van der Waals surface area contributed by atoms with Crippen LogP contribution in [-0.4, -0.2) is 55.0 Å². The summed E-state index contributed by atoms with van der Waals surface area (Å²) in [5.41, 5.74) is 0.357. The lowest BCUT2D eigenvalue weighted by Crippen LogP contribution is -2.56. The molecule has 0 saturated carbocycles. The molecule has 1 atom stereocenters. The van der Waals surface area contributed by atoms with Gasteiger partial charge in [-0.25, -0.2) is 13.2 Å². The fourth-order valence-corrected chi connectivity index (χ4v) is 4.60. The van der Waals surface area contributed by atoms with Crippen molar-refractivity contribution in [2.24, 2.45) is 0 Å². The Bertz CT molecular complexity index is 837. The Morgan fingerprint density at radius 2 is 1.96 bits per heavy atom. The molecular formula is C18H25N3O4S. The highest BCUT2D eigenvalue weighted by molar-refractivity contribution is 7.89. The van der Waals surface area contributed by atoms with Crippen LogP contribution in [0.2, 0.25) is 0 Å². The van der Waals surface area contributed by atoms with Gasteiger partial charge >= 0.3 is 6.09 Å². The van der Waals surface area contributed by atoms with Crippen molar-refractivity contribution < 1.29 is 17.9 Å². The molecule has 0 spiro atoms. The Morgan fingerprint density at radius 1 is 1.31 bits per heavy atom. The minimum atomic E-state index is -3.69. The SMILES string of the molecule is Cc1cc(C#N)ccc1S(=O)(=O)N1CCN(C(=O)OC(C)(C)C)C(C)C1. The molecule has 1 aromatic carbocycles. The number of sulfonamides is 1. The number of piperazine rings is 1. The lowest BCUT2D eigenvalue weighted by Gasteiger charge is -2.39. The van der Waals surface area contributed by atoms with Crippen LogP contribution < -0.4 is 0 Å². The van der Waals surface area contributed by atoms with E-state index in [2.05, 4.69) is 0 Å². The van der Waals surface area contributed by atoms with Crippen LogP contribution in [-0.2, 0) is 14.8 Å². The topological polar surface area (TPSA) is 90.7 Å². The Morgan fingerprint density at radius 3 is 2.46 bits per heavy atom. The molecule has 0 radical (unpaired) electrons. The van der Waals surface area contributed by atoms with Crippen LogP contribution in [0.1, 0.15) is 38.8 Å². The molecule has 1 unspecified atom stereocenters. The number of hydrogen-bond acceptors (Lipinski definition) is 5. The van der Waals surface area contributed by atoms with Crippen LogP contribution in [0.15, 0.2) is 23.1 Å². The van der Waals surface area contributed by atoms with E-state index in [0.29, 0.717) is 11.1 Å². The van der Waals surface area contributed by atoms with Gasteiger partial charge in [0.1, 0.15) is 5.60 Å². The first-order chi connectivity index (χ1) is 12.0. The maximum atomic E-state index is 13.0. The number of amides is 1. The number of benzene rings is 1. The van der Waals surface area contributed by atoms with E-state index in [-0.39, 0.29) is 30.6 Å². The first-order valence-corrected chi connectivity index (χ1v) is 9.90. The maximum absolute atomic E-state index is 13.0. The number of hydrogen-bond donors (Lipinski definition) is 0. The summed E-state index contributed by atoms with van der Waals surface area (Å²) < 4.78 is 32.7. The fourth-order valence-electron chi connectivity index (χ4n) is 2.88. The smallest absolute Gasteiger partial charge is 0.410 e. The van der Waals surface area contributed by atoms with Crippen LogP contribution in [0.4, 0.5) is 4.79 Å². The highest BCUT2D eigenvalue weighted by Crippen LogP contribution is 2.24. The minimum absolute atomic E-state index is 0.189. The molecule has 8 heteroatoms. The van der Waals surface area contributed by atoms with E-state index in [1.807, 2.05) is 6.07 Å². The normalized spacial score (nSPS) is 19.1. The standard InChI is InChI=1S/C18H25N3O4S/c1-13-10-15(11-19)6-7-16(13)26(23,24)20-8-9-21(14(2)12-20)17(22)25-18(3,4)5/h6-7,10,14H,8-9,12H2,1-5H3. The van der Waals surface area contributed by atoms with Gasteiger partial charge < -0.3 is 9.64 Å². The third-order valence-corrected chi connectivity index (χ3v) is 6.17. The van der Waals surface area contributed by atoms with E-state index in [1.165, 1.54) is 16.4 Å². The number of ether oxygens (including phenoxy) is 1. The molecule has 1 aliphatic heterocycles. The monoisotopic (exact) mass is 379 g/mol. The summed E-state index contributed by atoms with van der Waals surface area (Å²) in [6.07, 6.45) is -0.434. The molecule has 1 fully saturated rings. The van der Waals surface area contributed by atoms with Gasteiger partial charge in [0.25, 0.3) is 0 Å². The summed E-state index contributed by atoms with van der Waals surface area (Å²) in [4.78, 5) is 14.0. The molecule has 0 N–H and O–H groups in total. The van der Waals surface area contributed by atoms with E-state index in [4.69, 9.17) is 10.00 Å². The van der Waals surface area contributed by atoms with Gasteiger partial charge in [-0.05, 0) is 58.4 Å². The average molecular weight is 379 g/mol. The molecule has 1 saturated heterocycles. The summed E-state index contributed by atoms with van der Waals surface area (Å²) in [7, 11) is -3.69. The quantitative estimate of drug-likeness (QED) is 0.787. The molecule has 1 heterocycles. The van der Waals surface area contributed by atoms with Crippen LogP contribution >= 0.6 is 0 Å². The molecule has 1 aliphatic rings. The number of nitriles is 1. The molecule has 2 rings (SSSR count). The zero-order chi connectivity index (χ0) is 19.7. The van der Waals surface area contributed by atoms with Crippen molar-refractivity contribution in [3.05, 3.63) is 29.3 Å². The predicted octanol–water partition coefficient (Wildman–Crippen LogP) is 2.50. The van der Waals surface area contributed by atoms with Crippen molar-refractivity contribution >= 4 is 16.1 Å². The summed E-state index contributed by atoms with van der Waals surface area (Å²) in [5, 5.41) is 8.94. The molecule has 1 amide bonds. The molecule has 26 heavy (non-hydrogen) atoms.